The molecule has 0 aliphatic carbocycles. The highest BCUT2D eigenvalue weighted by atomic mass is 127. The second-order valence-corrected chi connectivity index (χ2v) is 6.65. The largest absolute Gasteiger partial charge is 0.379 e. The third-order valence-electron chi connectivity index (χ3n) is 4.11. The molecule has 1 heterocycles. The van der Waals surface area contributed by atoms with Crippen molar-refractivity contribution in [1.82, 2.24) is 15.5 Å². The van der Waals surface area contributed by atoms with E-state index in [-0.39, 0.29) is 41.8 Å². The number of ether oxygens (including phenoxy) is 2. The predicted molar refractivity (Wildman–Crippen MR) is 116 cm³/mol. The second kappa shape index (κ2) is 15.4. The van der Waals surface area contributed by atoms with Crippen LogP contribution in [0.25, 0.3) is 0 Å². The van der Waals surface area contributed by atoms with Gasteiger partial charge in [0.05, 0.1) is 19.8 Å². The van der Waals surface area contributed by atoms with Crippen LogP contribution in [0.2, 0.25) is 0 Å². The number of nitrogens with one attached hydrogen (secondary N) is 2. The van der Waals surface area contributed by atoms with Gasteiger partial charge in [0, 0.05) is 45.2 Å². The van der Waals surface area contributed by atoms with E-state index < -0.39 is 0 Å². The van der Waals surface area contributed by atoms with Crippen molar-refractivity contribution in [2.45, 2.75) is 46.1 Å². The number of amides is 1. The summed E-state index contributed by atoms with van der Waals surface area (Å²) in [5, 5.41) is 6.62. The summed E-state index contributed by atoms with van der Waals surface area (Å²) in [4.78, 5) is 18.2. The van der Waals surface area contributed by atoms with Crippen LogP contribution < -0.4 is 10.6 Å². The zero-order valence-electron chi connectivity index (χ0n) is 16.8. The Hall–Kier alpha value is -0.610. The van der Waals surface area contributed by atoms with Crippen LogP contribution in [0.3, 0.4) is 0 Å². The Morgan fingerprint density at radius 2 is 1.92 bits per heavy atom. The average molecular weight is 484 g/mol. The Labute approximate surface area is 175 Å². The van der Waals surface area contributed by atoms with E-state index >= 15 is 0 Å². The number of carbonyl (C=O) groups is 1. The Kier molecular flexibility index (Phi) is 15.1. The first-order chi connectivity index (χ1) is 12.1. The molecule has 7 nitrogen and oxygen atoms in total. The van der Waals surface area contributed by atoms with Gasteiger partial charge in [0.25, 0.3) is 0 Å². The van der Waals surface area contributed by atoms with Crippen molar-refractivity contribution in [1.29, 1.82) is 0 Å². The van der Waals surface area contributed by atoms with Crippen LogP contribution in [0.4, 0.5) is 0 Å². The molecule has 8 heteroatoms. The molecule has 0 aromatic carbocycles. The summed E-state index contributed by atoms with van der Waals surface area (Å²) in [6.07, 6.45) is 3.21. The van der Waals surface area contributed by atoms with E-state index in [1.54, 1.807) is 7.05 Å². The van der Waals surface area contributed by atoms with Gasteiger partial charge in [-0.1, -0.05) is 27.2 Å². The van der Waals surface area contributed by atoms with Crippen LogP contribution in [0.1, 0.15) is 40.0 Å². The lowest BCUT2D eigenvalue weighted by Crippen LogP contribution is -2.46. The SMILES string of the molecule is CCCCOCCOCCNC(=NC)NC1CCN(C(=O)C(C)C)C1.I. The Balaban J connectivity index is 0.00000625. The first-order valence-corrected chi connectivity index (χ1v) is 9.49. The second-order valence-electron chi connectivity index (χ2n) is 6.65. The molecule has 26 heavy (non-hydrogen) atoms. The summed E-state index contributed by atoms with van der Waals surface area (Å²) in [6.45, 7) is 11.0. The van der Waals surface area contributed by atoms with E-state index in [1.807, 2.05) is 18.7 Å². The van der Waals surface area contributed by atoms with Gasteiger partial charge in [-0.05, 0) is 12.8 Å². The lowest BCUT2D eigenvalue weighted by Gasteiger charge is -2.20. The molecular weight excluding hydrogens is 447 g/mol. The van der Waals surface area contributed by atoms with Crippen molar-refractivity contribution in [2.24, 2.45) is 10.9 Å². The lowest BCUT2D eigenvalue weighted by molar-refractivity contribution is -0.133. The molecule has 1 amide bonds. The molecule has 0 aromatic rings. The Morgan fingerprint density at radius 1 is 1.23 bits per heavy atom. The van der Waals surface area contributed by atoms with Gasteiger partial charge >= 0.3 is 0 Å². The molecule has 1 fully saturated rings. The maximum absolute atomic E-state index is 12.0. The normalized spacial score (nSPS) is 17.3. The molecule has 1 unspecified atom stereocenters. The van der Waals surface area contributed by atoms with Crippen LogP contribution in [0.15, 0.2) is 4.99 Å². The van der Waals surface area contributed by atoms with E-state index in [4.69, 9.17) is 9.47 Å². The number of hydrogen-bond donors (Lipinski definition) is 2. The summed E-state index contributed by atoms with van der Waals surface area (Å²) in [5.41, 5.74) is 0. The molecule has 2 N–H and O–H groups in total. The van der Waals surface area contributed by atoms with Gasteiger partial charge in [0.2, 0.25) is 5.91 Å². The van der Waals surface area contributed by atoms with Gasteiger partial charge in [0.15, 0.2) is 5.96 Å². The topological polar surface area (TPSA) is 75.2 Å². The van der Waals surface area contributed by atoms with Crippen molar-refractivity contribution in [3.8, 4) is 0 Å². The minimum Gasteiger partial charge on any atom is -0.379 e. The highest BCUT2D eigenvalue weighted by Gasteiger charge is 2.27. The first kappa shape index (κ1) is 25.4. The highest BCUT2D eigenvalue weighted by Crippen LogP contribution is 2.12. The molecule has 1 atom stereocenters. The summed E-state index contributed by atoms with van der Waals surface area (Å²) in [7, 11) is 1.75. The molecule has 0 aromatic heterocycles. The Morgan fingerprint density at radius 3 is 2.54 bits per heavy atom. The fourth-order valence-corrected chi connectivity index (χ4v) is 2.64. The van der Waals surface area contributed by atoms with Gasteiger partial charge in [0.1, 0.15) is 0 Å². The summed E-state index contributed by atoms with van der Waals surface area (Å²) < 4.78 is 11.0. The molecule has 1 aliphatic rings. The number of unbranched alkanes of at least 4 members (excludes halogenated alkanes) is 1. The van der Waals surface area contributed by atoms with Crippen LogP contribution in [0, 0.1) is 5.92 Å². The van der Waals surface area contributed by atoms with Gasteiger partial charge in [-0.3, -0.25) is 9.79 Å². The average Bonchev–Trinajstić information content (AvgIpc) is 3.06. The molecule has 1 rings (SSSR count). The first-order valence-electron chi connectivity index (χ1n) is 9.49. The van der Waals surface area contributed by atoms with E-state index in [0.717, 1.165) is 44.9 Å². The van der Waals surface area contributed by atoms with Crippen molar-refractivity contribution in [2.75, 3.05) is 53.1 Å². The summed E-state index contributed by atoms with van der Waals surface area (Å²) >= 11 is 0. The van der Waals surface area contributed by atoms with Crippen molar-refractivity contribution in [3.63, 3.8) is 0 Å². The summed E-state index contributed by atoms with van der Waals surface area (Å²) in [5.74, 6) is 1.03. The number of likely N-dealkylation sites (tertiary alicyclic amines) is 1. The number of aliphatic imine (C=N–C) groups is 1. The van der Waals surface area contributed by atoms with Crippen molar-refractivity contribution < 1.29 is 14.3 Å². The van der Waals surface area contributed by atoms with Crippen LogP contribution in [0.5, 0.6) is 0 Å². The summed E-state index contributed by atoms with van der Waals surface area (Å²) in [6, 6.07) is 0.252. The fourth-order valence-electron chi connectivity index (χ4n) is 2.64. The number of guanidine groups is 1. The number of halogens is 1. The maximum atomic E-state index is 12.0. The van der Waals surface area contributed by atoms with Crippen molar-refractivity contribution in [3.05, 3.63) is 0 Å². The Bertz CT molecular complexity index is 408. The zero-order chi connectivity index (χ0) is 18.5. The zero-order valence-corrected chi connectivity index (χ0v) is 19.1. The number of rotatable bonds is 11. The van der Waals surface area contributed by atoms with Gasteiger partial charge in [-0.25, -0.2) is 0 Å². The van der Waals surface area contributed by atoms with Crippen LogP contribution >= 0.6 is 24.0 Å². The van der Waals surface area contributed by atoms with Gasteiger partial charge < -0.3 is 25.0 Å². The molecule has 0 bridgehead atoms. The molecule has 1 saturated heterocycles. The van der Waals surface area contributed by atoms with E-state index in [1.165, 1.54) is 0 Å². The van der Waals surface area contributed by atoms with E-state index in [0.29, 0.717) is 26.4 Å². The van der Waals surface area contributed by atoms with Gasteiger partial charge in [-0.2, -0.15) is 0 Å². The van der Waals surface area contributed by atoms with Crippen LogP contribution in [-0.2, 0) is 14.3 Å². The quantitative estimate of drug-likeness (QED) is 0.203. The molecule has 0 radical (unpaired) electrons. The third kappa shape index (κ3) is 10.5. The minimum atomic E-state index is 0. The monoisotopic (exact) mass is 484 g/mol. The van der Waals surface area contributed by atoms with Crippen LogP contribution in [-0.4, -0.2) is 75.9 Å². The number of hydrogen-bond acceptors (Lipinski definition) is 4. The van der Waals surface area contributed by atoms with E-state index in [9.17, 15) is 4.79 Å². The van der Waals surface area contributed by atoms with Crippen molar-refractivity contribution >= 4 is 35.8 Å². The highest BCUT2D eigenvalue weighted by molar-refractivity contribution is 14.0. The van der Waals surface area contributed by atoms with Gasteiger partial charge in [-0.15, -0.1) is 24.0 Å². The molecule has 0 saturated carbocycles. The number of carbonyl (C=O) groups excluding carboxylic acids is 1. The number of nitrogens with zero attached hydrogens (tertiary/aromatic N) is 2. The smallest absolute Gasteiger partial charge is 0.225 e. The maximum Gasteiger partial charge on any atom is 0.225 e. The lowest BCUT2D eigenvalue weighted by atomic mass is 10.2. The minimum absolute atomic E-state index is 0. The third-order valence-corrected chi connectivity index (χ3v) is 4.11. The van der Waals surface area contributed by atoms with E-state index in [2.05, 4.69) is 22.5 Å². The fraction of sp³-hybridized carbons (Fsp3) is 0.889. The standard InChI is InChI=1S/C18H36N4O3.HI/c1-5-6-10-24-12-13-25-11-8-20-18(19-4)21-16-7-9-22(14-16)17(23)15(2)3;/h15-16H,5-14H2,1-4H3,(H2,19,20,21);1H. The molecular formula is C18H37IN4O3. The molecule has 154 valence electrons. The molecule has 1 aliphatic heterocycles. The predicted octanol–water partition coefficient (Wildman–Crippen LogP) is 1.86. The molecule has 0 spiro atoms.